The molecule has 18 heavy (non-hydrogen) atoms. The van der Waals surface area contributed by atoms with Gasteiger partial charge in [0.15, 0.2) is 0 Å². The molecule has 0 unspecified atom stereocenters. The maximum absolute atomic E-state index is 12.2. The Kier molecular flexibility index (Phi) is 4.67. The molecule has 1 rings (SSSR count). The van der Waals surface area contributed by atoms with E-state index >= 15 is 0 Å². The molecule has 1 heterocycles. The van der Waals surface area contributed by atoms with E-state index in [1.54, 1.807) is 30.9 Å². The third kappa shape index (κ3) is 4.00. The van der Waals surface area contributed by atoms with Crippen molar-refractivity contribution in [1.29, 1.82) is 0 Å². The van der Waals surface area contributed by atoms with E-state index in [4.69, 9.17) is 4.74 Å². The minimum absolute atomic E-state index is 0.210. The highest BCUT2D eigenvalue weighted by atomic mass is 16.5. The average Bonchev–Trinajstić information content (AvgIpc) is 2.34. The first kappa shape index (κ1) is 14.4. The fraction of sp³-hybridized carbons (Fsp3) is 0.538. The van der Waals surface area contributed by atoms with Crippen LogP contribution in [-0.2, 0) is 0 Å². The Morgan fingerprint density at radius 2 is 2.22 bits per heavy atom. The van der Waals surface area contributed by atoms with E-state index in [1.807, 2.05) is 6.92 Å². The summed E-state index contributed by atoms with van der Waals surface area (Å²) in [5.74, 6) is 0.381. The Balaban J connectivity index is 2.89. The van der Waals surface area contributed by atoms with Gasteiger partial charge in [-0.15, -0.1) is 0 Å². The van der Waals surface area contributed by atoms with Crippen LogP contribution in [-0.4, -0.2) is 46.7 Å². The number of hydrogen-bond acceptors (Lipinski definition) is 4. The summed E-state index contributed by atoms with van der Waals surface area (Å²) in [6.45, 7) is 5.98. The number of likely N-dealkylation sites (N-methyl/N-ethyl adjacent to an activating group) is 1. The van der Waals surface area contributed by atoms with E-state index < -0.39 is 5.60 Å². The Bertz CT molecular complexity index is 413. The first-order chi connectivity index (χ1) is 8.37. The van der Waals surface area contributed by atoms with Gasteiger partial charge in [0, 0.05) is 25.4 Å². The lowest BCUT2D eigenvalue weighted by atomic mass is 10.1. The molecule has 5 nitrogen and oxygen atoms in total. The summed E-state index contributed by atoms with van der Waals surface area (Å²) in [6.07, 6.45) is 1.53. The molecule has 0 aliphatic heterocycles. The number of aliphatic hydroxyl groups is 1. The molecule has 1 aromatic rings. The highest BCUT2D eigenvalue weighted by molar-refractivity contribution is 5.92. The number of hydrogen-bond donors (Lipinski definition) is 1. The fourth-order valence-electron chi connectivity index (χ4n) is 1.61. The van der Waals surface area contributed by atoms with Crippen LogP contribution in [0.3, 0.4) is 0 Å². The molecule has 0 fully saturated rings. The van der Waals surface area contributed by atoms with Crippen LogP contribution in [0.5, 0.6) is 5.75 Å². The number of rotatable bonds is 5. The number of methoxy groups -OCH3 is 1. The molecule has 1 N–H and O–H groups in total. The zero-order valence-electron chi connectivity index (χ0n) is 11.3. The normalized spacial score (nSPS) is 11.2. The van der Waals surface area contributed by atoms with Gasteiger partial charge in [-0.25, -0.2) is 0 Å². The van der Waals surface area contributed by atoms with Crippen LogP contribution in [0.4, 0.5) is 0 Å². The van der Waals surface area contributed by atoms with E-state index in [0.29, 0.717) is 18.0 Å². The topological polar surface area (TPSA) is 62.7 Å². The third-order valence-corrected chi connectivity index (χ3v) is 2.43. The van der Waals surface area contributed by atoms with Gasteiger partial charge in [0.1, 0.15) is 11.4 Å². The van der Waals surface area contributed by atoms with Gasteiger partial charge in [-0.1, -0.05) is 0 Å². The Morgan fingerprint density at radius 1 is 1.56 bits per heavy atom. The molecule has 0 aromatic carbocycles. The van der Waals surface area contributed by atoms with Crippen molar-refractivity contribution < 1.29 is 14.6 Å². The smallest absolute Gasteiger partial charge is 0.272 e. The maximum atomic E-state index is 12.2. The number of ether oxygens (including phenoxy) is 1. The van der Waals surface area contributed by atoms with E-state index in [0.717, 1.165) is 0 Å². The predicted molar refractivity (Wildman–Crippen MR) is 68.7 cm³/mol. The van der Waals surface area contributed by atoms with Crippen LogP contribution in [0.2, 0.25) is 0 Å². The van der Waals surface area contributed by atoms with Crippen LogP contribution < -0.4 is 4.74 Å². The highest BCUT2D eigenvalue weighted by Gasteiger charge is 2.23. The SMILES string of the molecule is CCN(CC(C)(C)O)C(=O)c1cc(OC)ccn1. The van der Waals surface area contributed by atoms with Crippen molar-refractivity contribution in [1.82, 2.24) is 9.88 Å². The van der Waals surface area contributed by atoms with Gasteiger partial charge in [-0.2, -0.15) is 0 Å². The molecule has 0 atom stereocenters. The van der Waals surface area contributed by atoms with Crippen molar-refractivity contribution in [3.63, 3.8) is 0 Å². The minimum atomic E-state index is -0.926. The number of carbonyl (C=O) groups is 1. The second kappa shape index (κ2) is 5.82. The van der Waals surface area contributed by atoms with Crippen molar-refractivity contribution in [2.45, 2.75) is 26.4 Å². The molecule has 0 spiro atoms. The number of amides is 1. The van der Waals surface area contributed by atoms with Gasteiger partial charge >= 0.3 is 0 Å². The summed E-state index contributed by atoms with van der Waals surface area (Å²) >= 11 is 0. The molecule has 0 saturated heterocycles. The summed E-state index contributed by atoms with van der Waals surface area (Å²) in [7, 11) is 1.54. The van der Waals surface area contributed by atoms with Gasteiger partial charge in [0.25, 0.3) is 5.91 Å². The average molecular weight is 252 g/mol. The quantitative estimate of drug-likeness (QED) is 0.858. The summed E-state index contributed by atoms with van der Waals surface area (Å²) in [5, 5.41) is 9.78. The Morgan fingerprint density at radius 3 is 2.72 bits per heavy atom. The number of nitrogens with zero attached hydrogens (tertiary/aromatic N) is 2. The van der Waals surface area contributed by atoms with E-state index in [-0.39, 0.29) is 12.5 Å². The van der Waals surface area contributed by atoms with Gasteiger partial charge in [-0.3, -0.25) is 9.78 Å². The maximum Gasteiger partial charge on any atom is 0.272 e. The lowest BCUT2D eigenvalue weighted by Gasteiger charge is -2.27. The summed E-state index contributed by atoms with van der Waals surface area (Å²) in [5.41, 5.74) is -0.606. The van der Waals surface area contributed by atoms with E-state index in [1.165, 1.54) is 13.3 Å². The minimum Gasteiger partial charge on any atom is -0.497 e. The Labute approximate surface area is 107 Å². The van der Waals surface area contributed by atoms with Crippen molar-refractivity contribution in [2.24, 2.45) is 0 Å². The van der Waals surface area contributed by atoms with Crippen molar-refractivity contribution in [2.75, 3.05) is 20.2 Å². The van der Waals surface area contributed by atoms with Crippen molar-refractivity contribution in [3.8, 4) is 5.75 Å². The number of pyridine rings is 1. The highest BCUT2D eigenvalue weighted by Crippen LogP contribution is 2.13. The summed E-state index contributed by atoms with van der Waals surface area (Å²) in [4.78, 5) is 17.8. The zero-order chi connectivity index (χ0) is 13.8. The summed E-state index contributed by atoms with van der Waals surface area (Å²) < 4.78 is 5.06. The van der Waals surface area contributed by atoms with E-state index in [2.05, 4.69) is 4.98 Å². The monoisotopic (exact) mass is 252 g/mol. The van der Waals surface area contributed by atoms with E-state index in [9.17, 15) is 9.90 Å². The zero-order valence-corrected chi connectivity index (χ0v) is 11.3. The number of carbonyl (C=O) groups excluding carboxylic acids is 1. The first-order valence-corrected chi connectivity index (χ1v) is 5.89. The lowest BCUT2D eigenvalue weighted by molar-refractivity contribution is 0.0311. The standard InChI is InChI=1S/C13H20N2O3/c1-5-15(9-13(2,3)17)12(16)11-8-10(18-4)6-7-14-11/h6-8,17H,5,9H2,1-4H3. The van der Waals surface area contributed by atoms with Gasteiger partial charge in [-0.05, 0) is 26.8 Å². The van der Waals surface area contributed by atoms with Crippen LogP contribution in [0.25, 0.3) is 0 Å². The molecule has 0 aliphatic carbocycles. The molecule has 1 amide bonds. The molecule has 0 aliphatic rings. The molecule has 0 bridgehead atoms. The van der Waals surface area contributed by atoms with Crippen LogP contribution in [0, 0.1) is 0 Å². The second-order valence-corrected chi connectivity index (χ2v) is 4.71. The molecule has 0 saturated carbocycles. The van der Waals surface area contributed by atoms with Gasteiger partial charge < -0.3 is 14.7 Å². The van der Waals surface area contributed by atoms with Crippen LogP contribution in [0.1, 0.15) is 31.3 Å². The number of aromatic nitrogens is 1. The van der Waals surface area contributed by atoms with Crippen molar-refractivity contribution >= 4 is 5.91 Å². The Hall–Kier alpha value is -1.62. The second-order valence-electron chi connectivity index (χ2n) is 4.71. The van der Waals surface area contributed by atoms with Gasteiger partial charge in [0.2, 0.25) is 0 Å². The third-order valence-electron chi connectivity index (χ3n) is 2.43. The summed E-state index contributed by atoms with van der Waals surface area (Å²) in [6, 6.07) is 3.28. The van der Waals surface area contributed by atoms with Crippen LogP contribution in [0.15, 0.2) is 18.3 Å². The fourth-order valence-corrected chi connectivity index (χ4v) is 1.61. The largest absolute Gasteiger partial charge is 0.497 e. The molecule has 1 aromatic heterocycles. The molecule has 5 heteroatoms. The molecule has 100 valence electrons. The van der Waals surface area contributed by atoms with Crippen LogP contribution >= 0.6 is 0 Å². The molecule has 0 radical (unpaired) electrons. The predicted octanol–water partition coefficient (Wildman–Crippen LogP) is 1.32. The molecular formula is C13H20N2O3. The first-order valence-electron chi connectivity index (χ1n) is 5.89. The molecular weight excluding hydrogens is 232 g/mol. The van der Waals surface area contributed by atoms with Gasteiger partial charge in [0.05, 0.1) is 12.7 Å². The van der Waals surface area contributed by atoms with Crippen molar-refractivity contribution in [3.05, 3.63) is 24.0 Å². The lowest BCUT2D eigenvalue weighted by Crippen LogP contribution is -2.42.